The summed E-state index contributed by atoms with van der Waals surface area (Å²) in [5, 5.41) is 10.9. The van der Waals surface area contributed by atoms with Gasteiger partial charge in [0, 0.05) is 13.2 Å². The van der Waals surface area contributed by atoms with Crippen molar-refractivity contribution in [3.8, 4) is 0 Å². The van der Waals surface area contributed by atoms with Crippen LogP contribution in [0.5, 0.6) is 0 Å². The summed E-state index contributed by atoms with van der Waals surface area (Å²) in [5.41, 5.74) is 0.580. The highest BCUT2D eigenvalue weighted by molar-refractivity contribution is 6.28. The fourth-order valence-corrected chi connectivity index (χ4v) is 1.69. The van der Waals surface area contributed by atoms with Crippen molar-refractivity contribution in [2.75, 3.05) is 11.9 Å². The van der Waals surface area contributed by atoms with Crippen LogP contribution in [0.15, 0.2) is 30.6 Å². The summed E-state index contributed by atoms with van der Waals surface area (Å²) >= 11 is 5.68. The molecule has 0 aliphatic heterocycles. The van der Waals surface area contributed by atoms with Crippen molar-refractivity contribution < 1.29 is 4.92 Å². The minimum Gasteiger partial charge on any atom is -0.348 e. The number of aromatic nitrogens is 3. The molecule has 2 heterocycles. The van der Waals surface area contributed by atoms with Crippen LogP contribution in [0.4, 0.5) is 11.5 Å². The van der Waals surface area contributed by atoms with Gasteiger partial charge in [0.1, 0.15) is 6.20 Å². The van der Waals surface area contributed by atoms with Crippen molar-refractivity contribution in [3.05, 3.63) is 51.7 Å². The molecule has 0 aromatic carbocycles. The minimum absolute atomic E-state index is 0.0338. The zero-order valence-corrected chi connectivity index (χ0v) is 10.8. The van der Waals surface area contributed by atoms with E-state index >= 15 is 0 Å². The van der Waals surface area contributed by atoms with Crippen LogP contribution >= 0.6 is 11.6 Å². The molecule has 0 spiro atoms. The van der Waals surface area contributed by atoms with E-state index in [-0.39, 0.29) is 16.8 Å². The highest BCUT2D eigenvalue weighted by atomic mass is 35.5. The number of nitrogens with zero attached hydrogens (tertiary/aromatic N) is 5. The normalized spacial score (nSPS) is 10.2. The van der Waals surface area contributed by atoms with Gasteiger partial charge >= 0.3 is 5.69 Å². The third-order valence-electron chi connectivity index (χ3n) is 2.40. The fourth-order valence-electron chi connectivity index (χ4n) is 1.56. The lowest BCUT2D eigenvalue weighted by molar-refractivity contribution is -0.384. The predicted molar refractivity (Wildman–Crippen MR) is 70.0 cm³/mol. The molecule has 0 aliphatic rings. The van der Waals surface area contributed by atoms with Crippen LogP contribution in [0.2, 0.25) is 5.28 Å². The molecule has 19 heavy (non-hydrogen) atoms. The Morgan fingerprint density at radius 3 is 2.84 bits per heavy atom. The molecule has 98 valence electrons. The number of nitro groups is 1. The molecule has 0 aliphatic carbocycles. The second-order valence-corrected chi connectivity index (χ2v) is 4.12. The zero-order chi connectivity index (χ0) is 13.8. The van der Waals surface area contributed by atoms with Crippen LogP contribution in [-0.4, -0.2) is 26.9 Å². The minimum atomic E-state index is -0.541. The van der Waals surface area contributed by atoms with E-state index in [1.165, 1.54) is 0 Å². The van der Waals surface area contributed by atoms with Gasteiger partial charge in [-0.2, -0.15) is 4.98 Å². The zero-order valence-electron chi connectivity index (χ0n) is 10.0. The lowest BCUT2D eigenvalue weighted by Gasteiger charge is -2.17. The Morgan fingerprint density at radius 1 is 1.42 bits per heavy atom. The lowest BCUT2D eigenvalue weighted by Crippen LogP contribution is -2.20. The van der Waals surface area contributed by atoms with Gasteiger partial charge in [-0.05, 0) is 23.7 Å². The Kier molecular flexibility index (Phi) is 3.86. The average molecular weight is 280 g/mol. The van der Waals surface area contributed by atoms with Gasteiger partial charge in [-0.3, -0.25) is 15.1 Å². The number of anilines is 1. The van der Waals surface area contributed by atoms with Crippen molar-refractivity contribution in [2.24, 2.45) is 0 Å². The van der Waals surface area contributed by atoms with Gasteiger partial charge in [-0.1, -0.05) is 6.07 Å². The smallest absolute Gasteiger partial charge is 0.329 e. The third-order valence-corrected chi connectivity index (χ3v) is 2.59. The fraction of sp³-hybridized carbons (Fsp3) is 0.182. The molecule has 0 N–H and O–H groups in total. The molecule has 0 radical (unpaired) electrons. The van der Waals surface area contributed by atoms with E-state index in [1.807, 2.05) is 12.1 Å². The summed E-state index contributed by atoms with van der Waals surface area (Å²) in [6, 6.07) is 5.47. The predicted octanol–water partition coefficient (Wildman–Crippen LogP) is 2.07. The number of rotatable bonds is 4. The molecule has 0 atom stereocenters. The Hall–Kier alpha value is -2.28. The highest BCUT2D eigenvalue weighted by Crippen LogP contribution is 2.25. The SMILES string of the molecule is CN(Cc1ccccn1)c1nc(Cl)ncc1[N+](=O)[O-]. The topological polar surface area (TPSA) is 85.0 Å². The molecular weight excluding hydrogens is 270 g/mol. The molecule has 0 unspecified atom stereocenters. The summed E-state index contributed by atoms with van der Waals surface area (Å²) in [5.74, 6) is 0.163. The first-order valence-corrected chi connectivity index (χ1v) is 5.73. The molecule has 0 fully saturated rings. The van der Waals surface area contributed by atoms with E-state index in [0.29, 0.717) is 6.54 Å². The molecule has 2 rings (SSSR count). The first kappa shape index (κ1) is 13.2. The van der Waals surface area contributed by atoms with Crippen LogP contribution in [0.25, 0.3) is 0 Å². The number of pyridine rings is 1. The van der Waals surface area contributed by atoms with E-state index in [4.69, 9.17) is 11.6 Å². The maximum absolute atomic E-state index is 10.9. The van der Waals surface area contributed by atoms with Gasteiger partial charge in [-0.15, -0.1) is 0 Å². The van der Waals surface area contributed by atoms with E-state index in [2.05, 4.69) is 15.0 Å². The van der Waals surface area contributed by atoms with Gasteiger partial charge in [0.15, 0.2) is 0 Å². The van der Waals surface area contributed by atoms with Gasteiger partial charge in [-0.25, -0.2) is 4.98 Å². The Labute approximate surface area is 114 Å². The Balaban J connectivity index is 2.30. The maximum Gasteiger partial charge on any atom is 0.329 e. The Bertz CT molecular complexity index is 593. The van der Waals surface area contributed by atoms with Crippen LogP contribution in [0, 0.1) is 10.1 Å². The molecule has 2 aromatic heterocycles. The summed E-state index contributed by atoms with van der Waals surface area (Å²) in [4.78, 5) is 23.7. The molecular formula is C11H10ClN5O2. The molecule has 0 saturated carbocycles. The van der Waals surface area contributed by atoms with Crippen LogP contribution < -0.4 is 4.90 Å². The summed E-state index contributed by atoms with van der Waals surface area (Å²) in [6.45, 7) is 0.384. The second kappa shape index (κ2) is 5.57. The van der Waals surface area contributed by atoms with E-state index in [0.717, 1.165) is 11.9 Å². The van der Waals surface area contributed by atoms with Gasteiger partial charge < -0.3 is 4.90 Å². The van der Waals surface area contributed by atoms with E-state index < -0.39 is 4.92 Å². The van der Waals surface area contributed by atoms with Crippen molar-refractivity contribution in [2.45, 2.75) is 6.54 Å². The second-order valence-electron chi connectivity index (χ2n) is 3.78. The largest absolute Gasteiger partial charge is 0.348 e. The number of hydrogen-bond acceptors (Lipinski definition) is 6. The summed E-state index contributed by atoms with van der Waals surface area (Å²) in [7, 11) is 1.68. The monoisotopic (exact) mass is 279 g/mol. The molecule has 8 heteroatoms. The lowest BCUT2D eigenvalue weighted by atomic mass is 10.3. The van der Waals surface area contributed by atoms with Crippen molar-refractivity contribution in [3.63, 3.8) is 0 Å². The van der Waals surface area contributed by atoms with Gasteiger partial charge in [0.25, 0.3) is 0 Å². The number of hydrogen-bond donors (Lipinski definition) is 0. The average Bonchev–Trinajstić information content (AvgIpc) is 2.39. The van der Waals surface area contributed by atoms with Crippen molar-refractivity contribution >= 4 is 23.1 Å². The molecule has 0 saturated heterocycles. The van der Waals surface area contributed by atoms with Gasteiger partial charge in [0.05, 0.1) is 17.2 Å². The van der Waals surface area contributed by atoms with Crippen LogP contribution in [0.3, 0.4) is 0 Å². The van der Waals surface area contributed by atoms with E-state index in [1.54, 1.807) is 24.2 Å². The first-order chi connectivity index (χ1) is 9.08. The van der Waals surface area contributed by atoms with Crippen molar-refractivity contribution in [1.82, 2.24) is 15.0 Å². The van der Waals surface area contributed by atoms with Gasteiger partial charge in [0.2, 0.25) is 11.1 Å². The highest BCUT2D eigenvalue weighted by Gasteiger charge is 2.20. The quantitative estimate of drug-likeness (QED) is 0.484. The first-order valence-electron chi connectivity index (χ1n) is 5.36. The molecule has 0 amide bonds. The summed E-state index contributed by atoms with van der Waals surface area (Å²) < 4.78 is 0. The van der Waals surface area contributed by atoms with Crippen LogP contribution in [0.1, 0.15) is 5.69 Å². The molecule has 2 aromatic rings. The third kappa shape index (κ3) is 3.14. The number of halogens is 1. The van der Waals surface area contributed by atoms with Crippen LogP contribution in [-0.2, 0) is 6.54 Å². The molecule has 7 nitrogen and oxygen atoms in total. The maximum atomic E-state index is 10.9. The Morgan fingerprint density at radius 2 is 2.21 bits per heavy atom. The summed E-state index contributed by atoms with van der Waals surface area (Å²) in [6.07, 6.45) is 2.75. The van der Waals surface area contributed by atoms with Crippen molar-refractivity contribution in [1.29, 1.82) is 0 Å². The standard InChI is InChI=1S/C11H10ClN5O2/c1-16(7-8-4-2-3-5-13-8)10-9(17(18)19)6-14-11(12)15-10/h2-6H,7H2,1H3. The molecule has 0 bridgehead atoms. The van der Waals surface area contributed by atoms with E-state index in [9.17, 15) is 10.1 Å².